The van der Waals surface area contributed by atoms with Gasteiger partial charge >= 0.3 is 0 Å². The Labute approximate surface area is 91.8 Å². The Morgan fingerprint density at radius 2 is 2.38 bits per heavy atom. The Morgan fingerprint density at radius 3 is 3.00 bits per heavy atom. The summed E-state index contributed by atoms with van der Waals surface area (Å²) in [5, 5.41) is 9.21. The highest BCUT2D eigenvalue weighted by molar-refractivity contribution is 5.91. The second-order valence-corrected chi connectivity index (χ2v) is 3.23. The van der Waals surface area contributed by atoms with Crippen LogP contribution in [-0.2, 0) is 13.1 Å². The number of nitrogens with two attached hydrogens (primary N) is 1. The first kappa shape index (κ1) is 10.4. The topological polar surface area (TPSA) is 96.9 Å². The van der Waals surface area contributed by atoms with Crippen LogP contribution in [0.1, 0.15) is 22.0 Å². The lowest BCUT2D eigenvalue weighted by Gasteiger charge is -2.00. The summed E-state index contributed by atoms with van der Waals surface area (Å²) < 4.78 is 5.20. The van der Waals surface area contributed by atoms with Gasteiger partial charge in [0.1, 0.15) is 5.76 Å². The molecule has 0 aliphatic carbocycles. The van der Waals surface area contributed by atoms with Gasteiger partial charge in [0.2, 0.25) is 0 Å². The monoisotopic (exact) mass is 220 g/mol. The van der Waals surface area contributed by atoms with Crippen molar-refractivity contribution in [2.24, 2.45) is 5.73 Å². The number of aromatic amines is 1. The van der Waals surface area contributed by atoms with Crippen LogP contribution in [0.4, 0.5) is 0 Å². The average Bonchev–Trinajstić information content (AvgIpc) is 2.96. The SMILES string of the molecule is NCc1ccc(C(=O)NCc2ccn[nH]2)o1. The predicted octanol–water partition coefficient (Wildman–Crippen LogP) is 0.391. The van der Waals surface area contributed by atoms with Gasteiger partial charge in [-0.05, 0) is 18.2 Å². The number of hydrogen-bond acceptors (Lipinski definition) is 4. The van der Waals surface area contributed by atoms with Gasteiger partial charge in [-0.3, -0.25) is 9.89 Å². The minimum atomic E-state index is -0.269. The summed E-state index contributed by atoms with van der Waals surface area (Å²) in [6.45, 7) is 0.672. The standard InChI is InChI=1S/C10H12N4O2/c11-5-8-1-2-9(16-8)10(15)12-6-7-3-4-13-14-7/h1-4H,5-6,11H2,(H,12,15)(H,13,14). The lowest BCUT2D eigenvalue weighted by Crippen LogP contribution is -2.22. The second-order valence-electron chi connectivity index (χ2n) is 3.23. The van der Waals surface area contributed by atoms with Gasteiger partial charge in [0, 0.05) is 6.20 Å². The molecule has 2 rings (SSSR count). The predicted molar refractivity (Wildman–Crippen MR) is 56.4 cm³/mol. The van der Waals surface area contributed by atoms with Crippen molar-refractivity contribution in [2.45, 2.75) is 13.1 Å². The highest BCUT2D eigenvalue weighted by Gasteiger charge is 2.10. The van der Waals surface area contributed by atoms with Gasteiger partial charge in [0.25, 0.3) is 5.91 Å². The third-order valence-corrected chi connectivity index (χ3v) is 2.08. The average molecular weight is 220 g/mol. The van der Waals surface area contributed by atoms with Gasteiger partial charge in [0.05, 0.1) is 18.8 Å². The maximum Gasteiger partial charge on any atom is 0.287 e. The van der Waals surface area contributed by atoms with Crippen molar-refractivity contribution >= 4 is 5.91 Å². The zero-order chi connectivity index (χ0) is 11.4. The second kappa shape index (κ2) is 4.63. The van der Waals surface area contributed by atoms with Crippen LogP contribution in [0, 0.1) is 0 Å². The number of H-pyrrole nitrogens is 1. The molecular weight excluding hydrogens is 208 g/mol. The van der Waals surface area contributed by atoms with E-state index >= 15 is 0 Å². The molecule has 0 saturated heterocycles. The minimum absolute atomic E-state index is 0.264. The molecule has 0 atom stereocenters. The molecule has 84 valence electrons. The van der Waals surface area contributed by atoms with Crippen LogP contribution in [0.2, 0.25) is 0 Å². The zero-order valence-electron chi connectivity index (χ0n) is 8.56. The quantitative estimate of drug-likeness (QED) is 0.694. The normalized spacial score (nSPS) is 10.3. The maximum atomic E-state index is 11.6. The Balaban J connectivity index is 1.93. The summed E-state index contributed by atoms with van der Waals surface area (Å²) in [7, 11) is 0. The van der Waals surface area contributed by atoms with Gasteiger partial charge < -0.3 is 15.5 Å². The number of carbonyl (C=O) groups excluding carboxylic acids is 1. The van der Waals surface area contributed by atoms with E-state index in [-0.39, 0.29) is 18.2 Å². The van der Waals surface area contributed by atoms with E-state index in [4.69, 9.17) is 10.2 Å². The van der Waals surface area contributed by atoms with Crippen molar-refractivity contribution in [3.63, 3.8) is 0 Å². The van der Waals surface area contributed by atoms with Crippen LogP contribution in [-0.4, -0.2) is 16.1 Å². The number of nitrogens with one attached hydrogen (secondary N) is 2. The third-order valence-electron chi connectivity index (χ3n) is 2.08. The molecule has 16 heavy (non-hydrogen) atoms. The first-order valence-electron chi connectivity index (χ1n) is 4.85. The number of furan rings is 1. The van der Waals surface area contributed by atoms with Gasteiger partial charge in [-0.15, -0.1) is 0 Å². The molecule has 0 aliphatic rings. The van der Waals surface area contributed by atoms with Gasteiger partial charge in [-0.25, -0.2) is 0 Å². The summed E-state index contributed by atoms with van der Waals surface area (Å²) in [5.74, 6) is 0.584. The van der Waals surface area contributed by atoms with Crippen LogP contribution >= 0.6 is 0 Å². The molecule has 0 radical (unpaired) electrons. The molecule has 0 unspecified atom stereocenters. The van der Waals surface area contributed by atoms with Gasteiger partial charge in [-0.1, -0.05) is 0 Å². The van der Waals surface area contributed by atoms with E-state index < -0.39 is 0 Å². The maximum absolute atomic E-state index is 11.6. The Morgan fingerprint density at radius 1 is 1.50 bits per heavy atom. The number of aromatic nitrogens is 2. The summed E-state index contributed by atoms with van der Waals surface area (Å²) in [6.07, 6.45) is 1.63. The molecule has 2 aromatic heterocycles. The molecule has 6 heteroatoms. The fourth-order valence-electron chi connectivity index (χ4n) is 1.26. The Kier molecular flexibility index (Phi) is 3.02. The summed E-state index contributed by atoms with van der Waals surface area (Å²) >= 11 is 0. The lowest BCUT2D eigenvalue weighted by atomic mass is 10.4. The molecule has 2 heterocycles. The van der Waals surface area contributed by atoms with E-state index in [0.29, 0.717) is 12.3 Å². The zero-order valence-corrected chi connectivity index (χ0v) is 8.56. The van der Waals surface area contributed by atoms with E-state index in [1.54, 1.807) is 24.4 Å². The van der Waals surface area contributed by atoms with E-state index in [1.807, 2.05) is 0 Å². The fourth-order valence-corrected chi connectivity index (χ4v) is 1.26. The van der Waals surface area contributed by atoms with Crippen LogP contribution in [0.5, 0.6) is 0 Å². The molecule has 0 fully saturated rings. The molecule has 0 spiro atoms. The number of hydrogen-bond donors (Lipinski definition) is 3. The van der Waals surface area contributed by atoms with E-state index in [0.717, 1.165) is 5.69 Å². The number of carbonyl (C=O) groups is 1. The number of rotatable bonds is 4. The smallest absolute Gasteiger partial charge is 0.287 e. The molecule has 0 aliphatic heterocycles. The van der Waals surface area contributed by atoms with Crippen LogP contribution in [0.3, 0.4) is 0 Å². The largest absolute Gasteiger partial charge is 0.455 e. The fraction of sp³-hybridized carbons (Fsp3) is 0.200. The number of nitrogens with zero attached hydrogens (tertiary/aromatic N) is 1. The number of amides is 1. The van der Waals surface area contributed by atoms with Crippen LogP contribution in [0.15, 0.2) is 28.8 Å². The van der Waals surface area contributed by atoms with E-state index in [1.165, 1.54) is 0 Å². The Hall–Kier alpha value is -2.08. The summed E-state index contributed by atoms with van der Waals surface area (Å²) in [5.41, 5.74) is 6.21. The van der Waals surface area contributed by atoms with Crippen molar-refractivity contribution < 1.29 is 9.21 Å². The molecular formula is C10H12N4O2. The highest BCUT2D eigenvalue weighted by Crippen LogP contribution is 2.06. The van der Waals surface area contributed by atoms with Crippen molar-refractivity contribution in [3.8, 4) is 0 Å². The first-order chi connectivity index (χ1) is 7.79. The molecule has 6 nitrogen and oxygen atoms in total. The lowest BCUT2D eigenvalue weighted by molar-refractivity contribution is 0.0921. The molecule has 4 N–H and O–H groups in total. The molecule has 2 aromatic rings. The van der Waals surface area contributed by atoms with E-state index in [2.05, 4.69) is 15.5 Å². The van der Waals surface area contributed by atoms with Gasteiger partial charge in [-0.2, -0.15) is 5.10 Å². The summed E-state index contributed by atoms with van der Waals surface area (Å²) in [4.78, 5) is 11.6. The van der Waals surface area contributed by atoms with Crippen molar-refractivity contribution in [1.82, 2.24) is 15.5 Å². The van der Waals surface area contributed by atoms with Crippen molar-refractivity contribution in [1.29, 1.82) is 0 Å². The first-order valence-corrected chi connectivity index (χ1v) is 4.85. The molecule has 0 bridgehead atoms. The molecule has 0 saturated carbocycles. The van der Waals surface area contributed by atoms with Crippen molar-refractivity contribution in [2.75, 3.05) is 0 Å². The highest BCUT2D eigenvalue weighted by atomic mass is 16.4. The Bertz CT molecular complexity index is 461. The van der Waals surface area contributed by atoms with Crippen molar-refractivity contribution in [3.05, 3.63) is 41.6 Å². The van der Waals surface area contributed by atoms with Crippen LogP contribution in [0.25, 0.3) is 0 Å². The van der Waals surface area contributed by atoms with Crippen LogP contribution < -0.4 is 11.1 Å². The summed E-state index contributed by atoms with van der Waals surface area (Å²) in [6, 6.07) is 5.07. The third kappa shape index (κ3) is 2.29. The molecule has 0 aromatic carbocycles. The van der Waals surface area contributed by atoms with E-state index in [9.17, 15) is 4.79 Å². The molecule has 1 amide bonds. The minimum Gasteiger partial charge on any atom is -0.455 e. The van der Waals surface area contributed by atoms with Gasteiger partial charge in [0.15, 0.2) is 5.76 Å².